The molecule has 1 N–H and O–H groups in total. The van der Waals surface area contributed by atoms with E-state index >= 15 is 0 Å². The van der Waals surface area contributed by atoms with E-state index in [-0.39, 0.29) is 17.7 Å². The molecule has 0 saturated carbocycles. The summed E-state index contributed by atoms with van der Waals surface area (Å²) in [5, 5.41) is 12.2. The molecule has 0 radical (unpaired) electrons. The Kier molecular flexibility index (Phi) is 4.84. The summed E-state index contributed by atoms with van der Waals surface area (Å²) in [7, 11) is 0. The van der Waals surface area contributed by atoms with Gasteiger partial charge in [-0.3, -0.25) is 10.1 Å². The number of rotatable bonds is 5. The summed E-state index contributed by atoms with van der Waals surface area (Å²) in [5.74, 6) is 0.0959. The Bertz CT molecular complexity index is 568. The molecule has 2 atom stereocenters. The Morgan fingerprint density at radius 1 is 1.30 bits per heavy atom. The van der Waals surface area contributed by atoms with Crippen LogP contribution in [0.2, 0.25) is 0 Å². The van der Waals surface area contributed by atoms with E-state index in [0.717, 1.165) is 17.0 Å². The average Bonchev–Trinajstić information content (AvgIpc) is 2.85. The Morgan fingerprint density at radius 3 is 2.55 bits per heavy atom. The molecule has 2 rings (SSSR count). The van der Waals surface area contributed by atoms with Gasteiger partial charge in [-0.1, -0.05) is 61.9 Å². The molecule has 2 aromatic rings. The summed E-state index contributed by atoms with van der Waals surface area (Å²) in [4.78, 5) is 12.6. The molecule has 1 aromatic heterocycles. The first-order valence-corrected chi connectivity index (χ1v) is 7.59. The van der Waals surface area contributed by atoms with Gasteiger partial charge in [0, 0.05) is 0 Å². The first kappa shape index (κ1) is 14.7. The van der Waals surface area contributed by atoms with E-state index in [9.17, 15) is 4.79 Å². The van der Waals surface area contributed by atoms with E-state index in [1.165, 1.54) is 11.3 Å². The van der Waals surface area contributed by atoms with E-state index in [1.807, 2.05) is 37.3 Å². The zero-order chi connectivity index (χ0) is 14.5. The van der Waals surface area contributed by atoms with Gasteiger partial charge in [0.1, 0.15) is 5.01 Å². The van der Waals surface area contributed by atoms with E-state index in [0.29, 0.717) is 5.13 Å². The number of hydrogen-bond acceptors (Lipinski definition) is 4. The maximum Gasteiger partial charge on any atom is 0.234 e. The van der Waals surface area contributed by atoms with Crippen molar-refractivity contribution < 1.29 is 4.79 Å². The first-order valence-electron chi connectivity index (χ1n) is 6.77. The number of aromatic nitrogens is 2. The molecule has 1 amide bonds. The second-order valence-electron chi connectivity index (χ2n) is 4.89. The minimum atomic E-state index is -0.162. The number of aryl methyl sites for hydroxylation is 1. The second-order valence-corrected chi connectivity index (χ2v) is 6.07. The van der Waals surface area contributed by atoms with Gasteiger partial charge in [0.05, 0.1) is 5.92 Å². The highest BCUT2D eigenvalue weighted by Gasteiger charge is 2.26. The maximum absolute atomic E-state index is 12.6. The number of carbonyl (C=O) groups excluding carboxylic acids is 1. The van der Waals surface area contributed by atoms with Gasteiger partial charge in [0.25, 0.3) is 0 Å². The fourth-order valence-corrected chi connectivity index (χ4v) is 2.76. The van der Waals surface area contributed by atoms with Gasteiger partial charge in [-0.2, -0.15) is 0 Å². The third-order valence-electron chi connectivity index (χ3n) is 3.41. The van der Waals surface area contributed by atoms with Crippen molar-refractivity contribution in [3.8, 4) is 0 Å². The maximum atomic E-state index is 12.6. The summed E-state index contributed by atoms with van der Waals surface area (Å²) in [6.07, 6.45) is 0.947. The van der Waals surface area contributed by atoms with Crippen molar-refractivity contribution in [1.29, 1.82) is 0 Å². The third-order valence-corrected chi connectivity index (χ3v) is 4.16. The lowest BCUT2D eigenvalue weighted by Crippen LogP contribution is -2.26. The van der Waals surface area contributed by atoms with Crippen LogP contribution in [0, 0.1) is 12.8 Å². The monoisotopic (exact) mass is 289 g/mol. The summed E-state index contributed by atoms with van der Waals surface area (Å²) in [5.41, 5.74) is 1.04. The van der Waals surface area contributed by atoms with Crippen LogP contribution < -0.4 is 5.32 Å². The topological polar surface area (TPSA) is 54.9 Å². The Hall–Kier alpha value is -1.75. The highest BCUT2D eigenvalue weighted by Crippen LogP contribution is 2.28. The van der Waals surface area contributed by atoms with Gasteiger partial charge < -0.3 is 0 Å². The normalized spacial score (nSPS) is 13.8. The number of anilines is 1. The summed E-state index contributed by atoms with van der Waals surface area (Å²) in [6.45, 7) is 6.07. The van der Waals surface area contributed by atoms with Crippen LogP contribution in [0.1, 0.15) is 36.8 Å². The smallest absolute Gasteiger partial charge is 0.234 e. The van der Waals surface area contributed by atoms with E-state index < -0.39 is 0 Å². The second kappa shape index (κ2) is 6.61. The molecule has 0 aliphatic carbocycles. The Labute approximate surface area is 123 Å². The van der Waals surface area contributed by atoms with Crippen molar-refractivity contribution in [3.05, 3.63) is 40.9 Å². The van der Waals surface area contributed by atoms with Crippen molar-refractivity contribution in [2.75, 3.05) is 5.32 Å². The van der Waals surface area contributed by atoms with Gasteiger partial charge in [0.15, 0.2) is 0 Å². The van der Waals surface area contributed by atoms with Crippen LogP contribution >= 0.6 is 11.3 Å². The SMILES string of the molecule is CC[C@@H](C)[C@H](C(=O)Nc1nnc(C)s1)c1ccccc1. The molecule has 106 valence electrons. The van der Waals surface area contributed by atoms with Crippen molar-refractivity contribution >= 4 is 22.4 Å². The zero-order valence-corrected chi connectivity index (χ0v) is 12.8. The fourth-order valence-electron chi connectivity index (χ4n) is 2.16. The van der Waals surface area contributed by atoms with Gasteiger partial charge >= 0.3 is 0 Å². The van der Waals surface area contributed by atoms with Crippen LogP contribution in [0.4, 0.5) is 5.13 Å². The number of nitrogens with zero attached hydrogens (tertiary/aromatic N) is 2. The first-order chi connectivity index (χ1) is 9.61. The molecule has 0 aliphatic rings. The minimum Gasteiger partial charge on any atom is -0.300 e. The largest absolute Gasteiger partial charge is 0.300 e. The van der Waals surface area contributed by atoms with Crippen molar-refractivity contribution in [2.45, 2.75) is 33.1 Å². The molecule has 0 spiro atoms. The molecule has 0 fully saturated rings. The Balaban J connectivity index is 2.20. The lowest BCUT2D eigenvalue weighted by atomic mass is 9.85. The summed E-state index contributed by atoms with van der Waals surface area (Å²) >= 11 is 1.39. The van der Waals surface area contributed by atoms with Crippen LogP contribution in [0.25, 0.3) is 0 Å². The molecule has 0 saturated heterocycles. The highest BCUT2D eigenvalue weighted by atomic mass is 32.1. The van der Waals surface area contributed by atoms with Crippen molar-refractivity contribution in [1.82, 2.24) is 10.2 Å². The molecule has 1 aromatic carbocycles. The number of amides is 1. The van der Waals surface area contributed by atoms with Crippen LogP contribution in [-0.2, 0) is 4.79 Å². The molecule has 0 aliphatic heterocycles. The molecule has 1 heterocycles. The lowest BCUT2D eigenvalue weighted by molar-refractivity contribution is -0.118. The molecular formula is C15H19N3OS. The molecule has 5 heteroatoms. The molecule has 20 heavy (non-hydrogen) atoms. The van der Waals surface area contributed by atoms with Crippen LogP contribution in [0.3, 0.4) is 0 Å². The minimum absolute atomic E-state index is 0.0123. The molecule has 0 bridgehead atoms. The predicted octanol–water partition coefficient (Wildman–Crippen LogP) is 3.61. The highest BCUT2D eigenvalue weighted by molar-refractivity contribution is 7.15. The van der Waals surface area contributed by atoms with Gasteiger partial charge in [-0.15, -0.1) is 10.2 Å². The average molecular weight is 289 g/mol. The Morgan fingerprint density at radius 2 is 2.00 bits per heavy atom. The van der Waals surface area contributed by atoms with Gasteiger partial charge in [0.2, 0.25) is 11.0 Å². The quantitative estimate of drug-likeness (QED) is 0.914. The number of hydrogen-bond donors (Lipinski definition) is 1. The van der Waals surface area contributed by atoms with E-state index in [2.05, 4.69) is 29.4 Å². The van der Waals surface area contributed by atoms with Crippen LogP contribution in [0.15, 0.2) is 30.3 Å². The molecule has 0 unspecified atom stereocenters. The summed E-state index contributed by atoms with van der Waals surface area (Å²) in [6, 6.07) is 9.90. The number of carbonyl (C=O) groups is 1. The van der Waals surface area contributed by atoms with Crippen molar-refractivity contribution in [2.24, 2.45) is 5.92 Å². The van der Waals surface area contributed by atoms with E-state index in [4.69, 9.17) is 0 Å². The van der Waals surface area contributed by atoms with Crippen molar-refractivity contribution in [3.63, 3.8) is 0 Å². The molecular weight excluding hydrogens is 270 g/mol. The van der Waals surface area contributed by atoms with E-state index in [1.54, 1.807) is 0 Å². The fraction of sp³-hybridized carbons (Fsp3) is 0.400. The number of benzene rings is 1. The van der Waals surface area contributed by atoms with Gasteiger partial charge in [-0.25, -0.2) is 0 Å². The summed E-state index contributed by atoms with van der Waals surface area (Å²) < 4.78 is 0. The van der Waals surface area contributed by atoms with Crippen LogP contribution in [-0.4, -0.2) is 16.1 Å². The zero-order valence-electron chi connectivity index (χ0n) is 12.0. The third kappa shape index (κ3) is 3.42. The predicted molar refractivity (Wildman–Crippen MR) is 81.9 cm³/mol. The number of nitrogens with one attached hydrogen (secondary N) is 1. The lowest BCUT2D eigenvalue weighted by Gasteiger charge is -2.22. The standard InChI is InChI=1S/C15H19N3OS/c1-4-10(2)13(12-8-6-5-7-9-12)14(19)16-15-18-17-11(3)20-15/h5-10,13H,4H2,1-3H3,(H,16,18,19)/t10-,13+/m1/s1. The van der Waals surface area contributed by atoms with Gasteiger partial charge in [-0.05, 0) is 18.4 Å². The van der Waals surface area contributed by atoms with Crippen LogP contribution in [0.5, 0.6) is 0 Å². The molecule has 4 nitrogen and oxygen atoms in total.